The van der Waals surface area contributed by atoms with Crippen LogP contribution in [0.5, 0.6) is 11.6 Å². The van der Waals surface area contributed by atoms with Crippen LogP contribution in [-0.2, 0) is 0 Å². The SMILES string of the molecule is CCOc1cccc(C(=O)N2CCC(Oc3ccc(Cl)cc3)CC2)n1. The second-order valence-corrected chi connectivity index (χ2v) is 6.29. The van der Waals surface area contributed by atoms with E-state index in [1.54, 1.807) is 18.2 Å². The van der Waals surface area contributed by atoms with Crippen molar-refractivity contribution in [3.8, 4) is 11.6 Å². The number of piperidine rings is 1. The maximum Gasteiger partial charge on any atom is 0.272 e. The fourth-order valence-electron chi connectivity index (χ4n) is 2.81. The predicted octanol–water partition coefficient (Wildman–Crippen LogP) is 3.82. The molecule has 0 radical (unpaired) electrons. The summed E-state index contributed by atoms with van der Waals surface area (Å²) in [6.45, 7) is 3.72. The Kier molecular flexibility index (Phi) is 5.76. The highest BCUT2D eigenvalue weighted by Gasteiger charge is 2.25. The fraction of sp³-hybridized carbons (Fsp3) is 0.368. The number of rotatable bonds is 5. The van der Waals surface area contributed by atoms with Crippen LogP contribution in [-0.4, -0.2) is 41.6 Å². The molecule has 25 heavy (non-hydrogen) atoms. The third-order valence-electron chi connectivity index (χ3n) is 4.08. The van der Waals surface area contributed by atoms with Gasteiger partial charge in [-0.25, -0.2) is 4.98 Å². The first-order valence-electron chi connectivity index (χ1n) is 8.47. The zero-order valence-electron chi connectivity index (χ0n) is 14.2. The van der Waals surface area contributed by atoms with E-state index in [1.807, 2.05) is 36.1 Å². The first-order valence-corrected chi connectivity index (χ1v) is 8.85. The molecule has 1 saturated heterocycles. The molecule has 0 aliphatic carbocycles. The van der Waals surface area contributed by atoms with Crippen molar-refractivity contribution in [1.82, 2.24) is 9.88 Å². The number of carbonyl (C=O) groups is 1. The Hall–Kier alpha value is -2.27. The average molecular weight is 361 g/mol. The highest BCUT2D eigenvalue weighted by Crippen LogP contribution is 2.22. The van der Waals surface area contributed by atoms with Crippen molar-refractivity contribution in [2.45, 2.75) is 25.9 Å². The van der Waals surface area contributed by atoms with Gasteiger partial charge < -0.3 is 14.4 Å². The number of pyridine rings is 1. The summed E-state index contributed by atoms with van der Waals surface area (Å²) in [5, 5.41) is 0.689. The summed E-state index contributed by atoms with van der Waals surface area (Å²) in [4.78, 5) is 18.7. The molecule has 0 spiro atoms. The number of carbonyl (C=O) groups excluding carboxylic acids is 1. The number of amides is 1. The summed E-state index contributed by atoms with van der Waals surface area (Å²) in [5.74, 6) is 1.22. The number of ether oxygens (including phenoxy) is 2. The third-order valence-corrected chi connectivity index (χ3v) is 4.33. The molecule has 1 aliphatic rings. The number of likely N-dealkylation sites (tertiary alicyclic amines) is 1. The van der Waals surface area contributed by atoms with Gasteiger partial charge in [0.25, 0.3) is 5.91 Å². The van der Waals surface area contributed by atoms with Crippen molar-refractivity contribution >= 4 is 17.5 Å². The molecule has 0 bridgehead atoms. The maximum absolute atomic E-state index is 12.6. The Bertz CT molecular complexity index is 713. The van der Waals surface area contributed by atoms with E-state index < -0.39 is 0 Å². The molecule has 2 aromatic rings. The lowest BCUT2D eigenvalue weighted by Crippen LogP contribution is -2.42. The molecule has 1 amide bonds. The number of halogens is 1. The summed E-state index contributed by atoms with van der Waals surface area (Å²) in [6, 6.07) is 12.6. The van der Waals surface area contributed by atoms with Gasteiger partial charge in [0.2, 0.25) is 5.88 Å². The Morgan fingerprint density at radius 3 is 2.60 bits per heavy atom. The Morgan fingerprint density at radius 2 is 1.92 bits per heavy atom. The van der Waals surface area contributed by atoms with Gasteiger partial charge in [0.15, 0.2) is 0 Å². The smallest absolute Gasteiger partial charge is 0.272 e. The van der Waals surface area contributed by atoms with Crippen molar-refractivity contribution in [2.75, 3.05) is 19.7 Å². The van der Waals surface area contributed by atoms with E-state index in [-0.39, 0.29) is 12.0 Å². The van der Waals surface area contributed by atoms with Crippen LogP contribution >= 0.6 is 11.6 Å². The van der Waals surface area contributed by atoms with E-state index in [0.717, 1.165) is 18.6 Å². The van der Waals surface area contributed by atoms with Crippen LogP contribution in [0.3, 0.4) is 0 Å². The van der Waals surface area contributed by atoms with Gasteiger partial charge in [-0.2, -0.15) is 0 Å². The normalized spacial score (nSPS) is 15.0. The van der Waals surface area contributed by atoms with Gasteiger partial charge in [0, 0.05) is 37.0 Å². The van der Waals surface area contributed by atoms with Crippen molar-refractivity contribution in [1.29, 1.82) is 0 Å². The monoisotopic (exact) mass is 360 g/mol. The molecule has 1 aromatic heterocycles. The summed E-state index contributed by atoms with van der Waals surface area (Å²) >= 11 is 5.88. The Balaban J connectivity index is 1.55. The van der Waals surface area contributed by atoms with Gasteiger partial charge in [-0.1, -0.05) is 17.7 Å². The highest BCUT2D eigenvalue weighted by atomic mass is 35.5. The minimum Gasteiger partial charge on any atom is -0.490 e. The van der Waals surface area contributed by atoms with Crippen molar-refractivity contribution < 1.29 is 14.3 Å². The van der Waals surface area contributed by atoms with Crippen molar-refractivity contribution in [3.63, 3.8) is 0 Å². The van der Waals surface area contributed by atoms with Crippen LogP contribution in [0, 0.1) is 0 Å². The first-order chi connectivity index (χ1) is 12.2. The standard InChI is InChI=1S/C19H21ClN2O3/c1-2-24-18-5-3-4-17(21-18)19(23)22-12-10-16(11-13-22)25-15-8-6-14(20)7-9-15/h3-9,16H,2,10-13H2,1H3. The number of nitrogens with zero attached hydrogens (tertiary/aromatic N) is 2. The molecular formula is C19H21ClN2O3. The van der Waals surface area contributed by atoms with Gasteiger partial charge >= 0.3 is 0 Å². The second-order valence-electron chi connectivity index (χ2n) is 5.86. The van der Waals surface area contributed by atoms with Gasteiger partial charge in [0.05, 0.1) is 6.61 Å². The summed E-state index contributed by atoms with van der Waals surface area (Å²) in [5.41, 5.74) is 0.419. The van der Waals surface area contributed by atoms with E-state index in [1.165, 1.54) is 0 Å². The molecule has 2 heterocycles. The fourth-order valence-corrected chi connectivity index (χ4v) is 2.93. The third kappa shape index (κ3) is 4.63. The molecule has 0 unspecified atom stereocenters. The van der Waals surface area contributed by atoms with E-state index >= 15 is 0 Å². The quantitative estimate of drug-likeness (QED) is 0.813. The molecule has 0 atom stereocenters. The molecule has 6 heteroatoms. The molecule has 1 aromatic carbocycles. The van der Waals surface area contributed by atoms with Crippen LogP contribution < -0.4 is 9.47 Å². The molecule has 1 fully saturated rings. The molecule has 5 nitrogen and oxygen atoms in total. The zero-order valence-corrected chi connectivity index (χ0v) is 14.9. The van der Waals surface area contributed by atoms with E-state index in [4.69, 9.17) is 21.1 Å². The number of hydrogen-bond donors (Lipinski definition) is 0. The number of benzene rings is 1. The minimum atomic E-state index is -0.0634. The largest absolute Gasteiger partial charge is 0.490 e. The predicted molar refractivity (Wildman–Crippen MR) is 96.4 cm³/mol. The first kappa shape index (κ1) is 17.5. The highest BCUT2D eigenvalue weighted by molar-refractivity contribution is 6.30. The van der Waals surface area contributed by atoms with Crippen LogP contribution in [0.25, 0.3) is 0 Å². The number of hydrogen-bond acceptors (Lipinski definition) is 4. The maximum atomic E-state index is 12.6. The topological polar surface area (TPSA) is 51.7 Å². The lowest BCUT2D eigenvalue weighted by Gasteiger charge is -2.32. The van der Waals surface area contributed by atoms with Crippen LogP contribution in [0.2, 0.25) is 5.02 Å². The zero-order chi connectivity index (χ0) is 17.6. The van der Waals surface area contributed by atoms with Gasteiger partial charge in [0.1, 0.15) is 17.5 Å². The van der Waals surface area contributed by atoms with Crippen molar-refractivity contribution in [3.05, 3.63) is 53.2 Å². The van der Waals surface area contributed by atoms with Gasteiger partial charge in [-0.3, -0.25) is 4.79 Å². The Labute approximate surface area is 152 Å². The van der Waals surface area contributed by atoms with E-state index in [0.29, 0.717) is 36.3 Å². The number of aromatic nitrogens is 1. The lowest BCUT2D eigenvalue weighted by atomic mass is 10.1. The van der Waals surface area contributed by atoms with Gasteiger partial charge in [-0.15, -0.1) is 0 Å². The van der Waals surface area contributed by atoms with Gasteiger partial charge in [-0.05, 0) is 37.3 Å². The second kappa shape index (κ2) is 8.21. The van der Waals surface area contributed by atoms with Crippen LogP contribution in [0.4, 0.5) is 0 Å². The van der Waals surface area contributed by atoms with E-state index in [9.17, 15) is 4.79 Å². The Morgan fingerprint density at radius 1 is 1.20 bits per heavy atom. The molecule has 3 rings (SSSR count). The van der Waals surface area contributed by atoms with Crippen LogP contribution in [0.1, 0.15) is 30.3 Å². The lowest BCUT2D eigenvalue weighted by molar-refractivity contribution is 0.0589. The summed E-state index contributed by atoms with van der Waals surface area (Å²) in [7, 11) is 0. The van der Waals surface area contributed by atoms with Crippen molar-refractivity contribution in [2.24, 2.45) is 0 Å². The van der Waals surface area contributed by atoms with E-state index in [2.05, 4.69) is 4.98 Å². The minimum absolute atomic E-state index is 0.0634. The molecule has 0 saturated carbocycles. The van der Waals surface area contributed by atoms with Crippen LogP contribution in [0.15, 0.2) is 42.5 Å². The summed E-state index contributed by atoms with van der Waals surface area (Å²) < 4.78 is 11.3. The molecular weight excluding hydrogens is 340 g/mol. The molecule has 0 N–H and O–H groups in total. The summed E-state index contributed by atoms with van der Waals surface area (Å²) in [6.07, 6.45) is 1.69. The molecule has 1 aliphatic heterocycles. The molecule has 132 valence electrons. The average Bonchev–Trinajstić information content (AvgIpc) is 2.64.